The van der Waals surface area contributed by atoms with Crippen molar-refractivity contribution in [3.63, 3.8) is 0 Å². The van der Waals surface area contributed by atoms with E-state index in [-0.39, 0.29) is 25.3 Å². The van der Waals surface area contributed by atoms with E-state index in [1.165, 1.54) is 4.90 Å². The van der Waals surface area contributed by atoms with Crippen molar-refractivity contribution in [1.82, 2.24) is 9.88 Å². The van der Waals surface area contributed by atoms with Crippen LogP contribution in [0.4, 0.5) is 23.7 Å². The number of anilines is 1. The molecule has 32 heavy (non-hydrogen) atoms. The van der Waals surface area contributed by atoms with Crippen LogP contribution >= 0.6 is 23.2 Å². The van der Waals surface area contributed by atoms with E-state index in [9.17, 15) is 23.1 Å². The van der Waals surface area contributed by atoms with Crippen molar-refractivity contribution in [3.05, 3.63) is 63.4 Å². The molecule has 1 atom stereocenters. The Morgan fingerprint density at radius 1 is 1.25 bits per heavy atom. The molecule has 2 aromatic rings. The van der Waals surface area contributed by atoms with Gasteiger partial charge in [-0.1, -0.05) is 29.3 Å². The number of pyridine rings is 1. The molecule has 11 heteroatoms. The number of amides is 2. The van der Waals surface area contributed by atoms with Gasteiger partial charge in [-0.3, -0.25) is 4.98 Å². The molecule has 0 unspecified atom stereocenters. The molecule has 1 aromatic heterocycles. The summed E-state index contributed by atoms with van der Waals surface area (Å²) in [7, 11) is 0. The first kappa shape index (κ1) is 24.3. The Bertz CT molecular complexity index is 1030. The molecule has 6 nitrogen and oxygen atoms in total. The van der Waals surface area contributed by atoms with Gasteiger partial charge in [0.05, 0.1) is 34.0 Å². The number of benzene rings is 1. The largest absolute Gasteiger partial charge is 0.417 e. The minimum atomic E-state index is -4.57. The monoisotopic (exact) mass is 489 g/mol. The summed E-state index contributed by atoms with van der Waals surface area (Å²) in [6.45, 7) is 0.259. The molecule has 172 valence electrons. The van der Waals surface area contributed by atoms with Crippen molar-refractivity contribution in [1.29, 1.82) is 0 Å². The zero-order chi connectivity index (χ0) is 23.5. The maximum atomic E-state index is 12.8. The first-order valence-electron chi connectivity index (χ1n) is 9.64. The van der Waals surface area contributed by atoms with Crippen molar-refractivity contribution in [3.8, 4) is 0 Å². The van der Waals surface area contributed by atoms with Crippen molar-refractivity contribution in [2.75, 3.05) is 25.0 Å². The number of hydrogen-bond donors (Lipinski definition) is 3. The van der Waals surface area contributed by atoms with Gasteiger partial charge in [0.25, 0.3) is 0 Å². The van der Waals surface area contributed by atoms with Gasteiger partial charge < -0.3 is 20.4 Å². The van der Waals surface area contributed by atoms with E-state index in [4.69, 9.17) is 28.3 Å². The number of aromatic nitrogens is 1. The molecule has 0 bridgehead atoms. The summed E-state index contributed by atoms with van der Waals surface area (Å²) in [5, 5.41) is 20.9. The van der Waals surface area contributed by atoms with Crippen molar-refractivity contribution in [2.24, 2.45) is 0 Å². The minimum Gasteiger partial charge on any atom is -0.394 e. The number of halogens is 5. The summed E-state index contributed by atoms with van der Waals surface area (Å²) in [6.07, 6.45) is -1.37. The molecule has 1 aliphatic rings. The molecule has 3 N–H and O–H groups in total. The maximum absolute atomic E-state index is 12.8. The van der Waals surface area contributed by atoms with Crippen LogP contribution in [0.2, 0.25) is 10.0 Å². The van der Waals surface area contributed by atoms with E-state index in [0.29, 0.717) is 29.2 Å². The second-order valence-electron chi connectivity index (χ2n) is 7.26. The lowest BCUT2D eigenvalue weighted by molar-refractivity contribution is -0.137. The molecule has 0 saturated heterocycles. The highest BCUT2D eigenvalue weighted by atomic mass is 35.5. The fourth-order valence-electron chi connectivity index (χ4n) is 3.26. The number of carbonyl (C=O) groups excluding carboxylic acids is 1. The molecule has 0 fully saturated rings. The third-order valence-electron chi connectivity index (χ3n) is 4.91. The number of nitrogens with zero attached hydrogens (tertiary/aromatic N) is 2. The summed E-state index contributed by atoms with van der Waals surface area (Å²) in [4.78, 5) is 18.3. The highest BCUT2D eigenvalue weighted by Gasteiger charge is 2.33. The van der Waals surface area contributed by atoms with Gasteiger partial charge in [0.1, 0.15) is 0 Å². The summed E-state index contributed by atoms with van der Waals surface area (Å²) in [5.41, 5.74) is 1.31. The third-order valence-corrected chi connectivity index (χ3v) is 5.51. The Morgan fingerprint density at radius 3 is 2.56 bits per heavy atom. The summed E-state index contributed by atoms with van der Waals surface area (Å²) in [5.74, 6) is 0. The van der Waals surface area contributed by atoms with E-state index in [2.05, 4.69) is 10.3 Å². The standard InChI is InChI=1S/C21H20Cl2F3N3O3/c22-17-9-14(1-2-16(17)21(24,25)26)28-20(32)29-5-3-13(4-6-29)19-18(23)8-12(10-27-19)7-15(31)11-30/h1-3,8-10,15,30-31H,4-7,11H2,(H,28,32)/t15-/m0/s1. The van der Waals surface area contributed by atoms with Crippen LogP contribution in [0.5, 0.6) is 0 Å². The average Bonchev–Trinajstić information content (AvgIpc) is 2.73. The van der Waals surface area contributed by atoms with Crippen LogP contribution in [0.25, 0.3) is 5.57 Å². The predicted molar refractivity (Wildman–Crippen MR) is 116 cm³/mol. The van der Waals surface area contributed by atoms with E-state index in [1.54, 1.807) is 18.3 Å². The van der Waals surface area contributed by atoms with Gasteiger partial charge in [0, 0.05) is 31.4 Å². The number of carbonyl (C=O) groups is 1. The van der Waals surface area contributed by atoms with E-state index in [1.807, 2.05) is 0 Å². The summed E-state index contributed by atoms with van der Waals surface area (Å²) in [6, 6.07) is 4.24. The molecule has 2 amide bonds. The van der Waals surface area contributed by atoms with E-state index < -0.39 is 28.9 Å². The molecular formula is C21H20Cl2F3N3O3. The number of rotatable bonds is 5. The lowest BCUT2D eigenvalue weighted by Crippen LogP contribution is -2.38. The predicted octanol–water partition coefficient (Wildman–Crippen LogP) is 4.62. The Morgan fingerprint density at radius 2 is 2.00 bits per heavy atom. The van der Waals surface area contributed by atoms with Crippen molar-refractivity contribution < 1.29 is 28.2 Å². The number of alkyl halides is 3. The van der Waals surface area contributed by atoms with Crippen LogP contribution in [0.1, 0.15) is 23.2 Å². The zero-order valence-electron chi connectivity index (χ0n) is 16.7. The van der Waals surface area contributed by atoms with Crippen LogP contribution in [0.15, 0.2) is 36.5 Å². The quantitative estimate of drug-likeness (QED) is 0.571. The van der Waals surface area contributed by atoms with Crippen LogP contribution in [0.3, 0.4) is 0 Å². The molecule has 0 radical (unpaired) electrons. The number of aliphatic hydroxyl groups is 2. The average molecular weight is 490 g/mol. The fraction of sp³-hybridized carbons (Fsp3) is 0.333. The van der Waals surface area contributed by atoms with Gasteiger partial charge in [-0.05, 0) is 41.8 Å². The van der Waals surface area contributed by atoms with Gasteiger partial charge in [-0.25, -0.2) is 4.79 Å². The lowest BCUT2D eigenvalue weighted by Gasteiger charge is -2.27. The Hall–Kier alpha value is -2.33. The molecule has 1 aromatic carbocycles. The van der Waals surface area contributed by atoms with Gasteiger partial charge >= 0.3 is 12.2 Å². The van der Waals surface area contributed by atoms with Crippen molar-refractivity contribution in [2.45, 2.75) is 25.1 Å². The highest BCUT2D eigenvalue weighted by Crippen LogP contribution is 2.36. The molecule has 3 rings (SSSR count). The minimum absolute atomic E-state index is 0.160. The van der Waals surface area contributed by atoms with Crippen LogP contribution < -0.4 is 5.32 Å². The number of aliphatic hydroxyl groups excluding tert-OH is 2. The second kappa shape index (κ2) is 10.1. The molecule has 2 heterocycles. The van der Waals surface area contributed by atoms with Gasteiger partial charge in [-0.2, -0.15) is 13.2 Å². The van der Waals surface area contributed by atoms with E-state index >= 15 is 0 Å². The van der Waals surface area contributed by atoms with Crippen molar-refractivity contribution >= 4 is 40.5 Å². The Labute approximate surface area is 192 Å². The van der Waals surface area contributed by atoms with Crippen LogP contribution in [-0.2, 0) is 12.6 Å². The summed E-state index contributed by atoms with van der Waals surface area (Å²) < 4.78 is 38.4. The van der Waals surface area contributed by atoms with Crippen LogP contribution in [-0.4, -0.2) is 51.9 Å². The lowest BCUT2D eigenvalue weighted by atomic mass is 10.0. The first-order valence-corrected chi connectivity index (χ1v) is 10.4. The molecule has 0 saturated carbocycles. The normalized spacial score (nSPS) is 15.3. The maximum Gasteiger partial charge on any atom is 0.417 e. The third kappa shape index (κ3) is 5.92. The van der Waals surface area contributed by atoms with Crippen LogP contribution in [0, 0.1) is 0 Å². The molecule has 0 spiro atoms. The number of nitrogens with one attached hydrogen (secondary N) is 1. The number of hydrogen-bond acceptors (Lipinski definition) is 4. The second-order valence-corrected chi connectivity index (χ2v) is 8.08. The Kier molecular flexibility index (Phi) is 7.66. The summed E-state index contributed by atoms with van der Waals surface area (Å²) >= 11 is 12.0. The Balaban J connectivity index is 1.64. The van der Waals surface area contributed by atoms with Gasteiger partial charge in [0.2, 0.25) is 0 Å². The highest BCUT2D eigenvalue weighted by molar-refractivity contribution is 6.32. The zero-order valence-corrected chi connectivity index (χ0v) is 18.2. The first-order chi connectivity index (χ1) is 15.1. The van der Waals surface area contributed by atoms with Gasteiger partial charge in [-0.15, -0.1) is 0 Å². The molecule has 1 aliphatic heterocycles. The molecular weight excluding hydrogens is 470 g/mol. The molecule has 0 aliphatic carbocycles. The fourth-order valence-corrected chi connectivity index (χ4v) is 3.85. The topological polar surface area (TPSA) is 85.7 Å². The smallest absolute Gasteiger partial charge is 0.394 e. The number of urea groups is 1. The van der Waals surface area contributed by atoms with Gasteiger partial charge in [0.15, 0.2) is 0 Å². The van der Waals surface area contributed by atoms with E-state index in [0.717, 1.165) is 23.8 Å². The SMILES string of the molecule is O=C(Nc1ccc(C(F)(F)F)c(Cl)c1)N1CC=C(c2ncc(C[C@H](O)CO)cc2Cl)CC1.